The molecule has 2 nitrogen and oxygen atoms in total. The van der Waals surface area contributed by atoms with Gasteiger partial charge in [-0.2, -0.15) is 18.4 Å². The summed E-state index contributed by atoms with van der Waals surface area (Å²) in [6, 6.07) is 0.756. The van der Waals surface area contributed by atoms with Crippen LogP contribution in [0.1, 0.15) is 0 Å². The molecule has 0 aromatic rings. The van der Waals surface area contributed by atoms with Crippen molar-refractivity contribution >= 4 is 0 Å². The van der Waals surface area contributed by atoms with Crippen LogP contribution >= 0.6 is 0 Å². The molecule has 0 spiro atoms. The highest BCUT2D eigenvalue weighted by Crippen LogP contribution is 2.21. The van der Waals surface area contributed by atoms with Gasteiger partial charge in [0.2, 0.25) is 6.10 Å². The third kappa shape index (κ3) is 8.75. The van der Waals surface area contributed by atoms with E-state index in [1.54, 1.807) is 0 Å². The fourth-order valence-corrected chi connectivity index (χ4v) is 0.268. The van der Waals surface area contributed by atoms with Crippen LogP contribution in [0.5, 0.6) is 0 Å². The molecule has 13 heavy (non-hydrogen) atoms. The SMILES string of the molecule is C=C.F.N#CC(OCF)C(F)(F)F. The molecule has 0 radical (unpaired) electrons. The van der Waals surface area contributed by atoms with Gasteiger partial charge in [-0.25, -0.2) is 4.39 Å². The second-order valence-corrected chi connectivity index (χ2v) is 1.33. The highest BCUT2D eigenvalue weighted by atomic mass is 19.4. The van der Waals surface area contributed by atoms with Crippen molar-refractivity contribution in [1.82, 2.24) is 0 Å². The standard InChI is InChI=1S/C4H3F4NO.C2H4.FH/c5-2-10-3(1-9)4(6,7)8;1-2;/h3H,2H2;1-2H2;1H. The molecule has 0 bridgehead atoms. The van der Waals surface area contributed by atoms with E-state index in [1.165, 1.54) is 0 Å². The number of alkyl halides is 4. The van der Waals surface area contributed by atoms with Crippen LogP contribution in [0.15, 0.2) is 13.2 Å². The van der Waals surface area contributed by atoms with E-state index in [-0.39, 0.29) is 4.70 Å². The lowest BCUT2D eigenvalue weighted by molar-refractivity contribution is -0.209. The molecule has 0 aromatic carbocycles. The van der Waals surface area contributed by atoms with E-state index >= 15 is 0 Å². The third-order valence-electron chi connectivity index (χ3n) is 0.644. The molecule has 0 amide bonds. The van der Waals surface area contributed by atoms with E-state index in [0.717, 1.165) is 6.07 Å². The Kier molecular flexibility index (Phi) is 12.2. The molecule has 78 valence electrons. The molecule has 0 aliphatic carbocycles. The lowest BCUT2D eigenvalue weighted by atomic mass is 10.4. The minimum Gasteiger partial charge on any atom is -0.323 e. The minimum atomic E-state index is -4.80. The molecule has 0 aliphatic rings. The van der Waals surface area contributed by atoms with Gasteiger partial charge in [0.05, 0.1) is 0 Å². The predicted molar refractivity (Wildman–Crippen MR) is 36.3 cm³/mol. The molecule has 1 atom stereocenters. The average Bonchev–Trinajstić information content (AvgIpc) is 2.02. The van der Waals surface area contributed by atoms with Crippen LogP contribution in [0.25, 0.3) is 0 Å². The fourth-order valence-electron chi connectivity index (χ4n) is 0.268. The van der Waals surface area contributed by atoms with Crippen molar-refractivity contribution in [2.75, 3.05) is 6.86 Å². The summed E-state index contributed by atoms with van der Waals surface area (Å²) in [6.45, 7) is 4.39. The summed E-state index contributed by atoms with van der Waals surface area (Å²) in [5.74, 6) is 0. The Morgan fingerprint density at radius 3 is 1.85 bits per heavy atom. The topological polar surface area (TPSA) is 33.0 Å². The first-order valence-electron chi connectivity index (χ1n) is 2.66. The molecule has 0 N–H and O–H groups in total. The Morgan fingerprint density at radius 2 is 1.77 bits per heavy atom. The molecule has 0 heterocycles. The van der Waals surface area contributed by atoms with Crippen LogP contribution < -0.4 is 0 Å². The number of hydrogen-bond acceptors (Lipinski definition) is 2. The van der Waals surface area contributed by atoms with E-state index in [4.69, 9.17) is 5.26 Å². The van der Waals surface area contributed by atoms with Gasteiger partial charge in [0.15, 0.2) is 6.86 Å². The summed E-state index contributed by atoms with van der Waals surface area (Å²) in [6.07, 6.45) is -7.46. The van der Waals surface area contributed by atoms with Crippen molar-refractivity contribution in [3.63, 3.8) is 0 Å². The number of ether oxygens (including phenoxy) is 1. The summed E-state index contributed by atoms with van der Waals surface area (Å²) >= 11 is 0. The maximum Gasteiger partial charge on any atom is 0.428 e. The number of halogens is 5. The van der Waals surface area contributed by atoms with Crippen molar-refractivity contribution in [3.05, 3.63) is 13.2 Å². The molecule has 1 unspecified atom stereocenters. The van der Waals surface area contributed by atoms with Gasteiger partial charge in [0, 0.05) is 0 Å². The van der Waals surface area contributed by atoms with Gasteiger partial charge in [-0.1, -0.05) is 0 Å². The predicted octanol–water partition coefficient (Wildman–Crippen LogP) is 2.34. The Balaban J connectivity index is -0.000000309. The summed E-state index contributed by atoms with van der Waals surface area (Å²) in [4.78, 5) is 0. The number of hydrogen-bond donors (Lipinski definition) is 0. The van der Waals surface area contributed by atoms with Crippen molar-refractivity contribution in [2.24, 2.45) is 0 Å². The maximum absolute atomic E-state index is 11.4. The number of nitriles is 1. The Bertz CT molecular complexity index is 152. The minimum absolute atomic E-state index is 0. The zero-order valence-corrected chi connectivity index (χ0v) is 6.47. The molecule has 0 aromatic heterocycles. The molecule has 0 saturated heterocycles. The largest absolute Gasteiger partial charge is 0.428 e. The summed E-state index contributed by atoms with van der Waals surface area (Å²) in [5, 5.41) is 7.73. The zero-order valence-electron chi connectivity index (χ0n) is 6.47. The second kappa shape index (κ2) is 8.93. The normalized spacial score (nSPS) is 11.3. The summed E-state index contributed by atoms with van der Waals surface area (Å²) in [5.41, 5.74) is 0. The van der Waals surface area contributed by atoms with Crippen molar-refractivity contribution < 1.29 is 27.0 Å². The Hall–Kier alpha value is -1.16. The van der Waals surface area contributed by atoms with Gasteiger partial charge in [0.1, 0.15) is 6.07 Å². The number of rotatable bonds is 2. The van der Waals surface area contributed by atoms with Crippen molar-refractivity contribution in [2.45, 2.75) is 12.3 Å². The van der Waals surface area contributed by atoms with Crippen LogP contribution in [0.3, 0.4) is 0 Å². The summed E-state index contributed by atoms with van der Waals surface area (Å²) < 4.78 is 48.7. The molecular weight excluding hydrogens is 197 g/mol. The summed E-state index contributed by atoms with van der Waals surface area (Å²) in [7, 11) is 0. The molecule has 7 heteroatoms. The fraction of sp³-hybridized carbons (Fsp3) is 0.500. The average molecular weight is 205 g/mol. The van der Waals surface area contributed by atoms with E-state index in [1.807, 2.05) is 0 Å². The lowest BCUT2D eigenvalue weighted by Crippen LogP contribution is -2.29. The van der Waals surface area contributed by atoms with Crippen LogP contribution in [0.4, 0.5) is 22.3 Å². The first kappa shape index (κ1) is 17.8. The van der Waals surface area contributed by atoms with Gasteiger partial charge in [-0.15, -0.1) is 13.2 Å². The first-order chi connectivity index (χ1) is 5.52. The highest BCUT2D eigenvalue weighted by molar-refractivity contribution is 4.89. The smallest absolute Gasteiger partial charge is 0.323 e. The van der Waals surface area contributed by atoms with Crippen LogP contribution in [-0.4, -0.2) is 19.1 Å². The van der Waals surface area contributed by atoms with E-state index < -0.39 is 19.1 Å². The van der Waals surface area contributed by atoms with Crippen molar-refractivity contribution in [3.8, 4) is 6.07 Å². The van der Waals surface area contributed by atoms with Gasteiger partial charge in [-0.05, 0) is 0 Å². The van der Waals surface area contributed by atoms with Crippen molar-refractivity contribution in [1.29, 1.82) is 5.26 Å². The number of nitrogens with zero attached hydrogens (tertiary/aromatic N) is 1. The van der Waals surface area contributed by atoms with Gasteiger partial charge in [0.25, 0.3) is 0 Å². The maximum atomic E-state index is 11.4. The van der Waals surface area contributed by atoms with Crippen LogP contribution in [-0.2, 0) is 4.74 Å². The molecule has 0 aliphatic heterocycles. The van der Waals surface area contributed by atoms with Gasteiger partial charge >= 0.3 is 6.18 Å². The third-order valence-corrected chi connectivity index (χ3v) is 0.644. The van der Waals surface area contributed by atoms with E-state index in [9.17, 15) is 17.6 Å². The van der Waals surface area contributed by atoms with Crippen LogP contribution in [0.2, 0.25) is 0 Å². The molecule has 0 rings (SSSR count). The Morgan fingerprint density at radius 1 is 1.38 bits per heavy atom. The van der Waals surface area contributed by atoms with Gasteiger partial charge in [-0.3, -0.25) is 4.70 Å². The van der Waals surface area contributed by atoms with E-state index in [2.05, 4.69) is 17.9 Å². The quantitative estimate of drug-likeness (QED) is 0.512. The first-order valence-corrected chi connectivity index (χ1v) is 2.66. The molecular formula is C6H8F5NO. The zero-order chi connectivity index (χ0) is 10.2. The van der Waals surface area contributed by atoms with Crippen LogP contribution in [0, 0.1) is 11.3 Å². The highest BCUT2D eigenvalue weighted by Gasteiger charge is 2.41. The second-order valence-electron chi connectivity index (χ2n) is 1.33. The van der Waals surface area contributed by atoms with Gasteiger partial charge < -0.3 is 4.74 Å². The monoisotopic (exact) mass is 205 g/mol. The van der Waals surface area contributed by atoms with E-state index in [0.29, 0.717) is 0 Å². The lowest BCUT2D eigenvalue weighted by Gasteiger charge is -2.10. The Labute approximate surface area is 71.8 Å². The molecule has 0 saturated carbocycles. The molecule has 0 fully saturated rings.